The molecule has 3 aliphatic heterocycles. The molecule has 0 radical (unpaired) electrons. The number of piperazine rings is 1. The van der Waals surface area contributed by atoms with E-state index in [1.54, 1.807) is 18.2 Å². The van der Waals surface area contributed by atoms with Crippen LogP contribution in [0.15, 0.2) is 18.2 Å². The third kappa shape index (κ3) is 2.58. The summed E-state index contributed by atoms with van der Waals surface area (Å²) in [6.07, 6.45) is 0.251. The maximum absolute atomic E-state index is 12.8. The Labute approximate surface area is 145 Å². The summed E-state index contributed by atoms with van der Waals surface area (Å²) in [7, 11) is 0. The van der Waals surface area contributed by atoms with Crippen LogP contribution < -0.4 is 15.5 Å². The van der Waals surface area contributed by atoms with Gasteiger partial charge in [-0.05, 0) is 24.6 Å². The first-order chi connectivity index (χ1) is 12.5. The Morgan fingerprint density at radius 3 is 2.48 bits per heavy atom. The van der Waals surface area contributed by atoms with E-state index in [9.17, 15) is 19.2 Å². The van der Waals surface area contributed by atoms with Crippen molar-refractivity contribution in [2.75, 3.05) is 31.1 Å². The van der Waals surface area contributed by atoms with Gasteiger partial charge in [0.2, 0.25) is 11.8 Å². The first-order valence-electron chi connectivity index (χ1n) is 8.75. The Balaban J connectivity index is 1.60. The van der Waals surface area contributed by atoms with Crippen LogP contribution in [0.3, 0.4) is 0 Å². The number of amides is 4. The number of rotatable bonds is 2. The number of nitrogens with one attached hydrogen (secondary N) is 2. The lowest BCUT2D eigenvalue weighted by Gasteiger charge is -2.29. The maximum atomic E-state index is 12.8. The Morgan fingerprint density at radius 1 is 1.04 bits per heavy atom. The average Bonchev–Trinajstić information content (AvgIpc) is 2.87. The number of nitrogens with zero attached hydrogens (tertiary/aromatic N) is 2. The van der Waals surface area contributed by atoms with Crippen LogP contribution in [-0.4, -0.2) is 60.7 Å². The highest BCUT2D eigenvalue weighted by Gasteiger charge is 2.44. The molecule has 25 heavy (non-hydrogen) atoms. The molecule has 2 N–H and O–H groups in total. The molecule has 0 bridgehead atoms. The van der Waals surface area contributed by atoms with Gasteiger partial charge in [0.1, 0.15) is 7.45 Å². The van der Waals surface area contributed by atoms with Crippen molar-refractivity contribution in [1.82, 2.24) is 15.5 Å². The van der Waals surface area contributed by atoms with E-state index in [4.69, 9.17) is 1.41 Å². The minimum Gasteiger partial charge on any atom is -0.369 e. The number of carbonyl (C=O) groups is 4. The lowest BCUT2D eigenvalue weighted by molar-refractivity contribution is -0.136. The molecule has 4 amide bonds. The SMILES string of the molecule is [2H]N1CCN(c2ccc3c(c2)C(=O)N(C2CCC(=O)NC2=O)C3=O)CC1. The number of piperidine rings is 1. The fraction of sp³-hybridized carbons (Fsp3) is 0.412. The number of imide groups is 2. The van der Waals surface area contributed by atoms with Gasteiger partial charge in [0.15, 0.2) is 0 Å². The summed E-state index contributed by atoms with van der Waals surface area (Å²) in [6, 6.07) is 4.14. The molecule has 0 aliphatic carbocycles. The summed E-state index contributed by atoms with van der Waals surface area (Å²) in [4.78, 5) is 51.9. The first-order valence-corrected chi connectivity index (χ1v) is 8.30. The van der Waals surface area contributed by atoms with Crippen LogP contribution in [0, 0.1) is 0 Å². The van der Waals surface area contributed by atoms with Gasteiger partial charge < -0.3 is 10.2 Å². The minimum absolute atomic E-state index is 0.104. The summed E-state index contributed by atoms with van der Waals surface area (Å²) < 4.78 is 7.62. The van der Waals surface area contributed by atoms with Crippen molar-refractivity contribution in [3.8, 4) is 0 Å². The summed E-state index contributed by atoms with van der Waals surface area (Å²) in [5.74, 6) is -2.00. The number of hydrogen-bond donors (Lipinski definition) is 2. The lowest BCUT2D eigenvalue weighted by Crippen LogP contribution is -2.54. The van der Waals surface area contributed by atoms with Crippen molar-refractivity contribution in [2.24, 2.45) is 0 Å². The molecule has 2 saturated heterocycles. The predicted molar refractivity (Wildman–Crippen MR) is 88.2 cm³/mol. The number of anilines is 1. The van der Waals surface area contributed by atoms with Gasteiger partial charge in [0.25, 0.3) is 11.8 Å². The molecular formula is C17H18N4O4. The molecule has 1 aromatic rings. The van der Waals surface area contributed by atoms with E-state index in [1.165, 1.54) is 5.31 Å². The Bertz CT molecular complexity index is 819. The monoisotopic (exact) mass is 343 g/mol. The second-order valence-corrected chi connectivity index (χ2v) is 6.33. The van der Waals surface area contributed by atoms with Gasteiger partial charge in [-0.2, -0.15) is 0 Å². The van der Waals surface area contributed by atoms with Crippen LogP contribution in [-0.2, 0) is 9.59 Å². The molecule has 3 aliphatic rings. The van der Waals surface area contributed by atoms with Crippen molar-refractivity contribution in [3.63, 3.8) is 0 Å². The fourth-order valence-corrected chi connectivity index (χ4v) is 3.52. The van der Waals surface area contributed by atoms with E-state index in [2.05, 4.69) is 10.2 Å². The summed E-state index contributed by atoms with van der Waals surface area (Å²) >= 11 is 0. The van der Waals surface area contributed by atoms with Crippen LogP contribution >= 0.6 is 0 Å². The highest BCUT2D eigenvalue weighted by atomic mass is 16.2. The molecule has 8 heteroatoms. The van der Waals surface area contributed by atoms with Crippen LogP contribution in [0.4, 0.5) is 5.69 Å². The highest BCUT2D eigenvalue weighted by Crippen LogP contribution is 2.30. The average molecular weight is 343 g/mol. The summed E-state index contributed by atoms with van der Waals surface area (Å²) in [5, 5.41) is 3.68. The number of benzene rings is 1. The number of carbonyl (C=O) groups excluding carboxylic acids is 4. The van der Waals surface area contributed by atoms with Gasteiger partial charge in [-0.3, -0.25) is 29.4 Å². The van der Waals surface area contributed by atoms with Crippen molar-refractivity contribution in [1.29, 1.82) is 0 Å². The zero-order valence-corrected chi connectivity index (χ0v) is 13.5. The molecule has 0 saturated carbocycles. The van der Waals surface area contributed by atoms with Crippen molar-refractivity contribution in [3.05, 3.63) is 29.3 Å². The molecule has 2 fully saturated rings. The predicted octanol–water partition coefficient (Wildman–Crippen LogP) is -0.503. The number of fused-ring (bicyclic) bond motifs is 1. The van der Waals surface area contributed by atoms with E-state index < -0.39 is 29.7 Å². The van der Waals surface area contributed by atoms with Gasteiger partial charge >= 0.3 is 0 Å². The summed E-state index contributed by atoms with van der Waals surface area (Å²) in [5.41, 5.74) is 1.39. The second-order valence-electron chi connectivity index (χ2n) is 6.33. The van der Waals surface area contributed by atoms with Crippen LogP contribution in [0.25, 0.3) is 0 Å². The smallest absolute Gasteiger partial charge is 0.262 e. The van der Waals surface area contributed by atoms with Crippen molar-refractivity contribution >= 4 is 29.3 Å². The standard InChI is InChI=1S/C17H18N4O4/c22-14-4-3-13(15(23)19-14)21-16(24)11-2-1-10(9-12(11)17(21)25)20-7-5-18-6-8-20/h1-2,9,13,18H,3-8H2,(H,19,22,23)/i/hD. The zero-order valence-electron chi connectivity index (χ0n) is 14.5. The van der Waals surface area contributed by atoms with Crippen LogP contribution in [0.1, 0.15) is 33.6 Å². The molecule has 0 aromatic heterocycles. The zero-order chi connectivity index (χ0) is 18.4. The van der Waals surface area contributed by atoms with Crippen LogP contribution in [0.5, 0.6) is 0 Å². The topological polar surface area (TPSA) is 98.8 Å². The third-order valence-corrected chi connectivity index (χ3v) is 4.84. The second kappa shape index (κ2) is 5.96. The molecule has 8 nitrogen and oxygen atoms in total. The van der Waals surface area contributed by atoms with Crippen molar-refractivity contribution in [2.45, 2.75) is 18.9 Å². The van der Waals surface area contributed by atoms with E-state index in [0.717, 1.165) is 10.6 Å². The van der Waals surface area contributed by atoms with E-state index in [0.29, 0.717) is 26.2 Å². The van der Waals surface area contributed by atoms with Gasteiger partial charge in [-0.1, -0.05) is 0 Å². The molecule has 3 heterocycles. The van der Waals surface area contributed by atoms with E-state index in [1.807, 2.05) is 0 Å². The molecule has 1 aromatic carbocycles. The lowest BCUT2D eigenvalue weighted by atomic mass is 10.0. The Morgan fingerprint density at radius 2 is 1.76 bits per heavy atom. The molecule has 1 unspecified atom stereocenters. The normalized spacial score (nSPS) is 25.1. The molecule has 0 spiro atoms. The minimum atomic E-state index is -0.949. The third-order valence-electron chi connectivity index (χ3n) is 4.84. The van der Waals surface area contributed by atoms with Crippen LogP contribution in [0.2, 0.25) is 1.41 Å². The van der Waals surface area contributed by atoms with E-state index >= 15 is 0 Å². The fourth-order valence-electron chi connectivity index (χ4n) is 3.52. The van der Waals surface area contributed by atoms with Crippen molar-refractivity contribution < 1.29 is 20.6 Å². The number of hydrogen-bond acceptors (Lipinski definition) is 6. The Kier molecular flexibility index (Phi) is 3.48. The van der Waals surface area contributed by atoms with Gasteiger partial charge in [-0.25, -0.2) is 0 Å². The van der Waals surface area contributed by atoms with Gasteiger partial charge in [0.05, 0.1) is 11.1 Å². The van der Waals surface area contributed by atoms with Gasteiger partial charge in [-0.15, -0.1) is 0 Å². The largest absolute Gasteiger partial charge is 0.369 e. The van der Waals surface area contributed by atoms with E-state index in [-0.39, 0.29) is 24.0 Å². The molecule has 1 atom stereocenters. The first kappa shape index (κ1) is 14.6. The van der Waals surface area contributed by atoms with Gasteiger partial charge in [0, 0.05) is 38.3 Å². The molecular weight excluding hydrogens is 324 g/mol. The Hall–Kier alpha value is -2.74. The quantitative estimate of drug-likeness (QED) is 0.703. The highest BCUT2D eigenvalue weighted by molar-refractivity contribution is 6.23. The molecule has 130 valence electrons. The maximum Gasteiger partial charge on any atom is 0.262 e. The molecule has 4 rings (SSSR count). The summed E-state index contributed by atoms with van der Waals surface area (Å²) in [6.45, 7) is 2.54.